The zero-order valence-electron chi connectivity index (χ0n) is 7.05. The molecule has 0 aromatic rings. The molecule has 0 aromatic heterocycles. The van der Waals surface area contributed by atoms with Crippen LogP contribution in [0.25, 0.3) is 0 Å². The SMILES string of the molecule is C[C@H](N=C=O)C1CCCCC1. The fourth-order valence-electron chi connectivity index (χ4n) is 1.81. The standard InChI is InChI=1S/C9H15NO/c1-8(10-7-11)9-5-3-2-4-6-9/h8-9H,2-6H2,1H3/t8-/m0/s1. The maximum absolute atomic E-state index is 9.97. The van der Waals surface area contributed by atoms with Crippen LogP contribution in [0, 0.1) is 5.92 Å². The van der Waals surface area contributed by atoms with Gasteiger partial charge in [-0.25, -0.2) is 9.79 Å². The Morgan fingerprint density at radius 2 is 2.00 bits per heavy atom. The van der Waals surface area contributed by atoms with Gasteiger partial charge in [-0.3, -0.25) is 0 Å². The fourth-order valence-corrected chi connectivity index (χ4v) is 1.81. The molecule has 0 aliphatic heterocycles. The summed E-state index contributed by atoms with van der Waals surface area (Å²) < 4.78 is 0. The number of nitrogens with zero attached hydrogens (tertiary/aromatic N) is 1. The summed E-state index contributed by atoms with van der Waals surface area (Å²) in [5.41, 5.74) is 0. The molecule has 11 heavy (non-hydrogen) atoms. The van der Waals surface area contributed by atoms with Crippen molar-refractivity contribution in [2.75, 3.05) is 0 Å². The zero-order valence-corrected chi connectivity index (χ0v) is 7.05. The minimum atomic E-state index is 0.202. The fraction of sp³-hybridized carbons (Fsp3) is 0.889. The third kappa shape index (κ3) is 2.47. The molecule has 62 valence electrons. The van der Waals surface area contributed by atoms with Gasteiger partial charge in [-0.05, 0) is 25.7 Å². The topological polar surface area (TPSA) is 29.4 Å². The van der Waals surface area contributed by atoms with E-state index in [1.807, 2.05) is 6.92 Å². The van der Waals surface area contributed by atoms with Crippen molar-refractivity contribution >= 4 is 6.08 Å². The van der Waals surface area contributed by atoms with E-state index in [1.165, 1.54) is 32.1 Å². The molecule has 1 saturated carbocycles. The third-order valence-electron chi connectivity index (χ3n) is 2.59. The lowest BCUT2D eigenvalue weighted by Gasteiger charge is -2.23. The van der Waals surface area contributed by atoms with E-state index in [2.05, 4.69) is 4.99 Å². The first-order valence-corrected chi connectivity index (χ1v) is 4.41. The highest BCUT2D eigenvalue weighted by molar-refractivity contribution is 5.33. The van der Waals surface area contributed by atoms with E-state index in [4.69, 9.17) is 0 Å². The monoisotopic (exact) mass is 153 g/mol. The minimum absolute atomic E-state index is 0.202. The third-order valence-corrected chi connectivity index (χ3v) is 2.59. The Bertz CT molecular complexity index is 155. The minimum Gasteiger partial charge on any atom is -0.211 e. The summed E-state index contributed by atoms with van der Waals surface area (Å²) in [6.45, 7) is 2.01. The van der Waals surface area contributed by atoms with Crippen molar-refractivity contribution < 1.29 is 4.79 Å². The van der Waals surface area contributed by atoms with Gasteiger partial charge in [-0.1, -0.05) is 19.3 Å². The molecule has 0 unspecified atom stereocenters. The van der Waals surface area contributed by atoms with Gasteiger partial charge in [0.05, 0.1) is 6.04 Å². The van der Waals surface area contributed by atoms with Gasteiger partial charge in [0.15, 0.2) is 0 Å². The summed E-state index contributed by atoms with van der Waals surface area (Å²) in [5, 5.41) is 0. The maximum atomic E-state index is 9.97. The predicted molar refractivity (Wildman–Crippen MR) is 44.2 cm³/mol. The molecule has 0 bridgehead atoms. The molecule has 1 aliphatic carbocycles. The molecule has 1 rings (SSSR count). The molecule has 0 amide bonds. The molecule has 0 spiro atoms. The second-order valence-corrected chi connectivity index (χ2v) is 3.36. The highest BCUT2D eigenvalue weighted by atomic mass is 16.1. The van der Waals surface area contributed by atoms with E-state index in [1.54, 1.807) is 6.08 Å². The molecule has 0 N–H and O–H groups in total. The van der Waals surface area contributed by atoms with E-state index in [0.29, 0.717) is 5.92 Å². The Hall–Kier alpha value is -0.620. The van der Waals surface area contributed by atoms with Crippen molar-refractivity contribution in [1.82, 2.24) is 0 Å². The van der Waals surface area contributed by atoms with Crippen molar-refractivity contribution in [2.24, 2.45) is 10.9 Å². The van der Waals surface area contributed by atoms with Crippen LogP contribution in [-0.2, 0) is 4.79 Å². The molecule has 0 saturated heterocycles. The van der Waals surface area contributed by atoms with E-state index < -0.39 is 0 Å². The molecule has 1 atom stereocenters. The first-order chi connectivity index (χ1) is 5.34. The maximum Gasteiger partial charge on any atom is 0.235 e. The molecular weight excluding hydrogens is 138 g/mol. The summed E-state index contributed by atoms with van der Waals surface area (Å²) in [6.07, 6.45) is 8.10. The lowest BCUT2D eigenvalue weighted by molar-refractivity contribution is 0.317. The molecule has 2 heteroatoms. The van der Waals surface area contributed by atoms with Crippen molar-refractivity contribution in [3.05, 3.63) is 0 Å². The molecule has 2 nitrogen and oxygen atoms in total. The van der Waals surface area contributed by atoms with Gasteiger partial charge in [-0.15, -0.1) is 0 Å². The first-order valence-electron chi connectivity index (χ1n) is 4.41. The Morgan fingerprint density at radius 1 is 1.36 bits per heavy atom. The van der Waals surface area contributed by atoms with Gasteiger partial charge in [0.2, 0.25) is 6.08 Å². The number of rotatable bonds is 2. The number of hydrogen-bond acceptors (Lipinski definition) is 2. The van der Waals surface area contributed by atoms with E-state index >= 15 is 0 Å². The second-order valence-electron chi connectivity index (χ2n) is 3.36. The second kappa shape index (κ2) is 4.30. The Kier molecular flexibility index (Phi) is 3.31. The van der Waals surface area contributed by atoms with Gasteiger partial charge in [0.25, 0.3) is 0 Å². The molecule has 0 heterocycles. The largest absolute Gasteiger partial charge is 0.235 e. The Labute approximate surface area is 67.7 Å². The highest BCUT2D eigenvalue weighted by Crippen LogP contribution is 2.27. The van der Waals surface area contributed by atoms with Gasteiger partial charge in [0, 0.05) is 0 Å². The molecule has 0 aromatic carbocycles. The van der Waals surface area contributed by atoms with Crippen molar-refractivity contribution in [3.8, 4) is 0 Å². The summed E-state index contributed by atoms with van der Waals surface area (Å²) in [6, 6.07) is 0.202. The molecule has 0 radical (unpaired) electrons. The average Bonchev–Trinajstić information content (AvgIpc) is 2.07. The summed E-state index contributed by atoms with van der Waals surface area (Å²) in [5.74, 6) is 0.644. The van der Waals surface area contributed by atoms with Crippen LogP contribution in [0.1, 0.15) is 39.0 Å². The molecule has 1 fully saturated rings. The number of carbonyl (C=O) groups excluding carboxylic acids is 1. The van der Waals surface area contributed by atoms with Crippen LogP contribution in [-0.4, -0.2) is 12.1 Å². The lowest BCUT2D eigenvalue weighted by atomic mass is 9.85. The predicted octanol–water partition coefficient (Wildman–Crippen LogP) is 2.29. The van der Waals surface area contributed by atoms with Crippen LogP contribution in [0.2, 0.25) is 0 Å². The van der Waals surface area contributed by atoms with Crippen LogP contribution in [0.5, 0.6) is 0 Å². The summed E-state index contributed by atoms with van der Waals surface area (Å²) in [7, 11) is 0. The van der Waals surface area contributed by atoms with Crippen molar-refractivity contribution in [1.29, 1.82) is 0 Å². The van der Waals surface area contributed by atoms with Gasteiger partial charge < -0.3 is 0 Å². The van der Waals surface area contributed by atoms with E-state index in [9.17, 15) is 4.79 Å². The first kappa shape index (κ1) is 8.48. The normalized spacial score (nSPS) is 22.3. The smallest absolute Gasteiger partial charge is 0.211 e. The lowest BCUT2D eigenvalue weighted by Crippen LogP contribution is -2.17. The van der Waals surface area contributed by atoms with Gasteiger partial charge in [-0.2, -0.15) is 0 Å². The van der Waals surface area contributed by atoms with Gasteiger partial charge >= 0.3 is 0 Å². The summed E-state index contributed by atoms with van der Waals surface area (Å²) >= 11 is 0. The van der Waals surface area contributed by atoms with Crippen LogP contribution >= 0.6 is 0 Å². The van der Waals surface area contributed by atoms with Crippen LogP contribution < -0.4 is 0 Å². The van der Waals surface area contributed by atoms with Gasteiger partial charge in [0.1, 0.15) is 0 Å². The van der Waals surface area contributed by atoms with Crippen molar-refractivity contribution in [3.63, 3.8) is 0 Å². The van der Waals surface area contributed by atoms with Crippen LogP contribution in [0.4, 0.5) is 0 Å². The van der Waals surface area contributed by atoms with Crippen molar-refractivity contribution in [2.45, 2.75) is 45.1 Å². The Balaban J connectivity index is 2.38. The number of hydrogen-bond donors (Lipinski definition) is 0. The number of isocyanates is 1. The molecule has 1 aliphatic rings. The Morgan fingerprint density at radius 3 is 2.55 bits per heavy atom. The van der Waals surface area contributed by atoms with Crippen LogP contribution in [0.15, 0.2) is 4.99 Å². The highest BCUT2D eigenvalue weighted by Gasteiger charge is 2.18. The molecular formula is C9H15NO. The zero-order chi connectivity index (χ0) is 8.10. The quantitative estimate of drug-likeness (QED) is 0.442. The van der Waals surface area contributed by atoms with Crippen LogP contribution in [0.3, 0.4) is 0 Å². The van der Waals surface area contributed by atoms with E-state index in [-0.39, 0.29) is 6.04 Å². The summed E-state index contributed by atoms with van der Waals surface area (Å²) in [4.78, 5) is 13.7. The number of aliphatic imine (C=N–C) groups is 1. The van der Waals surface area contributed by atoms with E-state index in [0.717, 1.165) is 0 Å². The average molecular weight is 153 g/mol.